The number of hydrogen-bond donors (Lipinski definition) is 1. The molecule has 0 radical (unpaired) electrons. The Labute approximate surface area is 132 Å². The van der Waals surface area contributed by atoms with Gasteiger partial charge >= 0.3 is 0 Å². The predicted octanol–water partition coefficient (Wildman–Crippen LogP) is 3.30. The van der Waals surface area contributed by atoms with E-state index in [9.17, 15) is 4.79 Å². The molecule has 1 amide bonds. The van der Waals surface area contributed by atoms with E-state index in [0.717, 1.165) is 17.8 Å². The van der Waals surface area contributed by atoms with E-state index in [1.54, 1.807) is 23.5 Å². The van der Waals surface area contributed by atoms with Gasteiger partial charge in [0.2, 0.25) is 0 Å². The Hall–Kier alpha value is -2.40. The van der Waals surface area contributed by atoms with E-state index in [-0.39, 0.29) is 5.91 Å². The molecular weight excluding hydrogens is 296 g/mol. The summed E-state index contributed by atoms with van der Waals surface area (Å²) < 4.78 is 5.04. The van der Waals surface area contributed by atoms with E-state index >= 15 is 0 Å². The van der Waals surface area contributed by atoms with Gasteiger partial charge in [-0.15, -0.1) is 11.3 Å². The number of carbonyl (C=O) groups is 1. The molecule has 0 bridgehead atoms. The lowest BCUT2D eigenvalue weighted by molar-refractivity contribution is 0.0926. The van der Waals surface area contributed by atoms with Crippen molar-refractivity contribution >= 4 is 17.2 Å². The summed E-state index contributed by atoms with van der Waals surface area (Å²) in [5.41, 5.74) is 1.28. The van der Waals surface area contributed by atoms with Gasteiger partial charge in [0, 0.05) is 30.5 Å². The quantitative estimate of drug-likeness (QED) is 0.760. The number of benzene rings is 1. The van der Waals surface area contributed by atoms with Crippen molar-refractivity contribution in [2.45, 2.75) is 12.8 Å². The summed E-state index contributed by atoms with van der Waals surface area (Å²) in [7, 11) is 0. The van der Waals surface area contributed by atoms with Crippen molar-refractivity contribution in [3.63, 3.8) is 0 Å². The zero-order valence-electron chi connectivity index (χ0n) is 12.0. The van der Waals surface area contributed by atoms with Crippen molar-refractivity contribution in [3.05, 3.63) is 76.1 Å². The third-order valence-corrected chi connectivity index (χ3v) is 4.25. The van der Waals surface area contributed by atoms with Gasteiger partial charge in [-0.25, -0.2) is 4.98 Å². The minimum Gasteiger partial charge on any atom is -0.459 e. The highest BCUT2D eigenvalue weighted by Crippen LogP contribution is 2.17. The normalized spacial score (nSPS) is 10.5. The van der Waals surface area contributed by atoms with E-state index in [4.69, 9.17) is 4.42 Å². The predicted molar refractivity (Wildman–Crippen MR) is 86.1 cm³/mol. The van der Waals surface area contributed by atoms with E-state index in [1.807, 2.05) is 24.4 Å². The minimum atomic E-state index is -0.189. The van der Waals surface area contributed by atoms with Crippen LogP contribution >= 0.6 is 11.3 Å². The van der Waals surface area contributed by atoms with Gasteiger partial charge < -0.3 is 9.73 Å². The molecule has 22 heavy (non-hydrogen) atoms. The number of furan rings is 1. The lowest BCUT2D eigenvalue weighted by Gasteiger charge is -2.00. The summed E-state index contributed by atoms with van der Waals surface area (Å²) in [5.74, 6) is 0.148. The maximum atomic E-state index is 11.7. The van der Waals surface area contributed by atoms with Crippen LogP contribution in [0.1, 0.15) is 26.0 Å². The average molecular weight is 312 g/mol. The van der Waals surface area contributed by atoms with Gasteiger partial charge in [0.25, 0.3) is 5.91 Å². The molecule has 0 spiro atoms. The third-order valence-electron chi connectivity index (χ3n) is 3.19. The SMILES string of the molecule is O=C(NCCc1ncc(Cc2ccccc2)s1)c1ccco1. The van der Waals surface area contributed by atoms with E-state index in [2.05, 4.69) is 22.4 Å². The zero-order valence-corrected chi connectivity index (χ0v) is 12.8. The highest BCUT2D eigenvalue weighted by atomic mass is 32.1. The molecule has 0 aliphatic carbocycles. The minimum absolute atomic E-state index is 0.189. The molecule has 0 saturated heterocycles. The second-order valence-electron chi connectivity index (χ2n) is 4.87. The highest BCUT2D eigenvalue weighted by Gasteiger charge is 2.08. The molecule has 3 rings (SSSR count). The molecule has 1 aromatic carbocycles. The maximum Gasteiger partial charge on any atom is 0.286 e. The number of hydrogen-bond acceptors (Lipinski definition) is 4. The average Bonchev–Trinajstić information content (AvgIpc) is 3.20. The van der Waals surface area contributed by atoms with Crippen LogP contribution in [0.5, 0.6) is 0 Å². The van der Waals surface area contributed by atoms with E-state index in [0.29, 0.717) is 12.3 Å². The highest BCUT2D eigenvalue weighted by molar-refractivity contribution is 7.11. The van der Waals surface area contributed by atoms with Crippen LogP contribution in [-0.2, 0) is 12.8 Å². The Kier molecular flexibility index (Phi) is 4.65. The first-order valence-electron chi connectivity index (χ1n) is 7.10. The van der Waals surface area contributed by atoms with E-state index < -0.39 is 0 Å². The fraction of sp³-hybridized carbons (Fsp3) is 0.176. The van der Waals surface area contributed by atoms with Crippen molar-refractivity contribution in [2.75, 3.05) is 6.54 Å². The number of nitrogens with zero attached hydrogens (tertiary/aromatic N) is 1. The smallest absolute Gasteiger partial charge is 0.286 e. The molecule has 0 aliphatic heterocycles. The molecule has 5 heteroatoms. The fourth-order valence-electron chi connectivity index (χ4n) is 2.12. The van der Waals surface area contributed by atoms with Crippen LogP contribution in [0.25, 0.3) is 0 Å². The summed E-state index contributed by atoms with van der Waals surface area (Å²) in [6, 6.07) is 13.7. The summed E-state index contributed by atoms with van der Waals surface area (Å²) in [5, 5.41) is 3.86. The van der Waals surface area contributed by atoms with E-state index in [1.165, 1.54) is 16.7 Å². The third kappa shape index (κ3) is 3.83. The van der Waals surface area contributed by atoms with Crippen LogP contribution in [0, 0.1) is 0 Å². The van der Waals surface area contributed by atoms with Crippen molar-refractivity contribution in [2.24, 2.45) is 0 Å². The van der Waals surface area contributed by atoms with Crippen molar-refractivity contribution in [1.82, 2.24) is 10.3 Å². The standard InChI is InChI=1S/C17H16N2O2S/c20-17(15-7-4-10-21-15)18-9-8-16-19-12-14(22-16)11-13-5-2-1-3-6-13/h1-7,10,12H,8-9,11H2,(H,18,20). The first-order valence-corrected chi connectivity index (χ1v) is 7.92. The van der Waals surface area contributed by atoms with Crippen LogP contribution in [0.2, 0.25) is 0 Å². The molecule has 2 heterocycles. The Bertz CT molecular complexity index is 720. The zero-order chi connectivity index (χ0) is 15.2. The van der Waals surface area contributed by atoms with Gasteiger partial charge in [-0.1, -0.05) is 30.3 Å². The first-order chi connectivity index (χ1) is 10.8. The molecule has 3 aromatic rings. The largest absolute Gasteiger partial charge is 0.459 e. The number of aromatic nitrogens is 1. The monoisotopic (exact) mass is 312 g/mol. The second-order valence-corrected chi connectivity index (χ2v) is 6.07. The van der Waals surface area contributed by atoms with Crippen LogP contribution in [0.15, 0.2) is 59.3 Å². The second kappa shape index (κ2) is 7.04. The van der Waals surface area contributed by atoms with Crippen LogP contribution in [0.3, 0.4) is 0 Å². The molecule has 1 N–H and O–H groups in total. The number of thiazole rings is 1. The van der Waals surface area contributed by atoms with Crippen molar-refractivity contribution in [1.29, 1.82) is 0 Å². The molecule has 0 aliphatic rings. The Morgan fingerprint density at radius 1 is 1.18 bits per heavy atom. The molecule has 0 fully saturated rings. The summed E-state index contributed by atoms with van der Waals surface area (Å²) >= 11 is 1.69. The first kappa shape index (κ1) is 14.5. The number of nitrogens with one attached hydrogen (secondary N) is 1. The topological polar surface area (TPSA) is 55.1 Å². The number of carbonyl (C=O) groups excluding carboxylic acids is 1. The van der Waals surface area contributed by atoms with Gasteiger partial charge in [-0.05, 0) is 17.7 Å². The van der Waals surface area contributed by atoms with Crippen molar-refractivity contribution < 1.29 is 9.21 Å². The molecule has 4 nitrogen and oxygen atoms in total. The van der Waals surface area contributed by atoms with Gasteiger partial charge in [0.1, 0.15) is 0 Å². The number of amides is 1. The van der Waals surface area contributed by atoms with Crippen molar-refractivity contribution in [3.8, 4) is 0 Å². The van der Waals surface area contributed by atoms with Gasteiger partial charge in [-0.3, -0.25) is 4.79 Å². The fourth-order valence-corrected chi connectivity index (χ4v) is 3.08. The Morgan fingerprint density at radius 3 is 2.82 bits per heavy atom. The van der Waals surface area contributed by atoms with Gasteiger partial charge in [0.15, 0.2) is 5.76 Å². The lowest BCUT2D eigenvalue weighted by Crippen LogP contribution is -2.25. The Morgan fingerprint density at radius 2 is 2.05 bits per heavy atom. The lowest BCUT2D eigenvalue weighted by atomic mass is 10.1. The molecule has 2 aromatic heterocycles. The van der Waals surface area contributed by atoms with Crippen LogP contribution in [0.4, 0.5) is 0 Å². The molecule has 0 saturated carbocycles. The molecular formula is C17H16N2O2S. The summed E-state index contributed by atoms with van der Waals surface area (Å²) in [6.45, 7) is 0.553. The summed E-state index contributed by atoms with van der Waals surface area (Å²) in [6.07, 6.45) is 5.04. The summed E-state index contributed by atoms with van der Waals surface area (Å²) in [4.78, 5) is 17.4. The number of rotatable bonds is 6. The van der Waals surface area contributed by atoms with Crippen LogP contribution in [-0.4, -0.2) is 17.4 Å². The Balaban J connectivity index is 1.49. The van der Waals surface area contributed by atoms with Gasteiger partial charge in [-0.2, -0.15) is 0 Å². The molecule has 0 atom stereocenters. The maximum absolute atomic E-state index is 11.7. The molecule has 112 valence electrons. The molecule has 0 unspecified atom stereocenters. The van der Waals surface area contributed by atoms with Crippen LogP contribution < -0.4 is 5.32 Å². The van der Waals surface area contributed by atoms with Gasteiger partial charge in [0.05, 0.1) is 11.3 Å².